The van der Waals surface area contributed by atoms with Gasteiger partial charge in [0.25, 0.3) is 5.69 Å². The zero-order chi connectivity index (χ0) is 15.6. The van der Waals surface area contributed by atoms with Gasteiger partial charge in [-0.25, -0.2) is 4.98 Å². The molecule has 116 valence electrons. The minimum atomic E-state index is -0.701. The van der Waals surface area contributed by atoms with Crippen LogP contribution in [0, 0.1) is 10.1 Å². The number of aliphatic hydroxyl groups is 1. The van der Waals surface area contributed by atoms with Crippen molar-refractivity contribution in [2.75, 3.05) is 31.1 Å². The smallest absolute Gasteiger partial charge is 0.287 e. The van der Waals surface area contributed by atoms with E-state index in [2.05, 4.69) is 21.7 Å². The third kappa shape index (κ3) is 4.12. The summed E-state index contributed by atoms with van der Waals surface area (Å²) < 4.78 is 0. The first-order chi connectivity index (χ1) is 9.76. The second-order valence-corrected chi connectivity index (χ2v) is 6.22. The molecule has 0 amide bonds. The van der Waals surface area contributed by atoms with Crippen LogP contribution >= 0.6 is 0 Å². The second-order valence-electron chi connectivity index (χ2n) is 6.22. The molecule has 1 N–H and O–H groups in total. The van der Waals surface area contributed by atoms with Crippen LogP contribution in [0.2, 0.25) is 0 Å². The molecule has 21 heavy (non-hydrogen) atoms. The molecule has 0 aromatic carbocycles. The first kappa shape index (κ1) is 15.7. The Kier molecular flexibility index (Phi) is 4.43. The molecule has 1 saturated heterocycles. The van der Waals surface area contributed by atoms with Crippen molar-refractivity contribution in [3.05, 3.63) is 28.4 Å². The highest BCUT2D eigenvalue weighted by Crippen LogP contribution is 2.21. The maximum absolute atomic E-state index is 10.7. The van der Waals surface area contributed by atoms with Crippen LogP contribution in [-0.4, -0.2) is 57.7 Å². The Labute approximate surface area is 124 Å². The van der Waals surface area contributed by atoms with Crippen LogP contribution in [0.4, 0.5) is 11.5 Å². The van der Waals surface area contributed by atoms with E-state index >= 15 is 0 Å². The molecule has 2 heterocycles. The van der Waals surface area contributed by atoms with E-state index in [0.29, 0.717) is 6.54 Å². The molecule has 1 aliphatic rings. The van der Waals surface area contributed by atoms with Crippen LogP contribution in [0.3, 0.4) is 0 Å². The van der Waals surface area contributed by atoms with E-state index in [0.717, 1.165) is 25.5 Å². The van der Waals surface area contributed by atoms with Gasteiger partial charge in [-0.1, -0.05) is 0 Å². The minimum absolute atomic E-state index is 0.00655. The number of hydrogen-bond acceptors (Lipinski definition) is 6. The number of aromatic nitrogens is 1. The van der Waals surface area contributed by atoms with Crippen LogP contribution in [0.1, 0.15) is 20.8 Å². The number of nitro groups is 1. The maximum Gasteiger partial charge on any atom is 0.287 e. The van der Waals surface area contributed by atoms with Crippen LogP contribution in [0.15, 0.2) is 18.3 Å². The molecule has 0 saturated carbocycles. The molecule has 1 fully saturated rings. The summed E-state index contributed by atoms with van der Waals surface area (Å²) in [5, 5.41) is 20.5. The third-order valence-electron chi connectivity index (χ3n) is 3.56. The Morgan fingerprint density at radius 3 is 2.67 bits per heavy atom. The van der Waals surface area contributed by atoms with Gasteiger partial charge in [-0.2, -0.15) is 0 Å². The van der Waals surface area contributed by atoms with Crippen molar-refractivity contribution in [3.63, 3.8) is 0 Å². The summed E-state index contributed by atoms with van der Waals surface area (Å²) in [7, 11) is 0. The standard InChI is InChI=1S/C14H22N4O3/c1-11-9-16(10-14(2,3)19)6-7-17(11)13-5-4-12(8-15-13)18(20)21/h4-5,8,11,19H,6-7,9-10H2,1-3H3. The predicted molar refractivity (Wildman–Crippen MR) is 80.4 cm³/mol. The Balaban J connectivity index is 2.01. The van der Waals surface area contributed by atoms with E-state index in [-0.39, 0.29) is 11.7 Å². The Morgan fingerprint density at radius 1 is 1.48 bits per heavy atom. The van der Waals surface area contributed by atoms with Crippen molar-refractivity contribution in [2.24, 2.45) is 0 Å². The van der Waals surface area contributed by atoms with Gasteiger partial charge >= 0.3 is 0 Å². The molecular weight excluding hydrogens is 272 g/mol. The van der Waals surface area contributed by atoms with Crippen LogP contribution < -0.4 is 4.90 Å². The van der Waals surface area contributed by atoms with E-state index < -0.39 is 10.5 Å². The topological polar surface area (TPSA) is 82.7 Å². The summed E-state index contributed by atoms with van der Waals surface area (Å²) in [5.74, 6) is 0.760. The highest BCUT2D eigenvalue weighted by Gasteiger charge is 2.28. The number of hydrogen-bond donors (Lipinski definition) is 1. The summed E-state index contributed by atoms with van der Waals surface area (Å²) in [6, 6.07) is 3.42. The van der Waals surface area contributed by atoms with Crippen molar-refractivity contribution >= 4 is 11.5 Å². The highest BCUT2D eigenvalue weighted by molar-refractivity contribution is 5.44. The van der Waals surface area contributed by atoms with Gasteiger partial charge in [0.05, 0.1) is 10.5 Å². The SMILES string of the molecule is CC1CN(CC(C)(C)O)CCN1c1ccc([N+](=O)[O-])cn1. The molecule has 2 rings (SSSR count). The third-order valence-corrected chi connectivity index (χ3v) is 3.56. The zero-order valence-corrected chi connectivity index (χ0v) is 12.7. The Bertz CT molecular complexity index is 498. The quantitative estimate of drug-likeness (QED) is 0.665. The van der Waals surface area contributed by atoms with Crippen molar-refractivity contribution in [2.45, 2.75) is 32.4 Å². The molecular formula is C14H22N4O3. The number of piperazine rings is 1. The van der Waals surface area contributed by atoms with E-state index in [4.69, 9.17) is 0 Å². The monoisotopic (exact) mass is 294 g/mol. The zero-order valence-electron chi connectivity index (χ0n) is 12.7. The Hall–Kier alpha value is -1.73. The Morgan fingerprint density at radius 2 is 2.19 bits per heavy atom. The number of nitrogens with zero attached hydrogens (tertiary/aromatic N) is 4. The fourth-order valence-electron chi connectivity index (χ4n) is 2.72. The average Bonchev–Trinajstić information content (AvgIpc) is 2.37. The molecule has 0 spiro atoms. The molecule has 1 aromatic rings. The lowest BCUT2D eigenvalue weighted by Gasteiger charge is -2.42. The van der Waals surface area contributed by atoms with Gasteiger partial charge in [0.1, 0.15) is 12.0 Å². The molecule has 7 heteroatoms. The van der Waals surface area contributed by atoms with Gasteiger partial charge in [0.2, 0.25) is 0 Å². The number of pyridine rings is 1. The van der Waals surface area contributed by atoms with Crippen LogP contribution in [-0.2, 0) is 0 Å². The van der Waals surface area contributed by atoms with Crippen molar-refractivity contribution in [1.29, 1.82) is 0 Å². The fraction of sp³-hybridized carbons (Fsp3) is 0.643. The normalized spacial score (nSPS) is 20.6. The van der Waals surface area contributed by atoms with Crippen LogP contribution in [0.25, 0.3) is 0 Å². The first-order valence-electron chi connectivity index (χ1n) is 7.08. The fourth-order valence-corrected chi connectivity index (χ4v) is 2.72. The summed E-state index contributed by atoms with van der Waals surface area (Å²) in [5.41, 5.74) is -0.694. The number of anilines is 1. The summed E-state index contributed by atoms with van der Waals surface area (Å²) in [6.45, 7) is 8.82. The van der Waals surface area contributed by atoms with Crippen LogP contribution in [0.5, 0.6) is 0 Å². The number of rotatable bonds is 4. The summed E-state index contributed by atoms with van der Waals surface area (Å²) in [6.07, 6.45) is 1.30. The van der Waals surface area contributed by atoms with E-state index in [1.807, 2.05) is 13.8 Å². The van der Waals surface area contributed by atoms with Gasteiger partial charge in [0.15, 0.2) is 0 Å². The van der Waals surface area contributed by atoms with Crippen molar-refractivity contribution in [3.8, 4) is 0 Å². The first-order valence-corrected chi connectivity index (χ1v) is 7.08. The molecule has 0 bridgehead atoms. The lowest BCUT2D eigenvalue weighted by molar-refractivity contribution is -0.385. The summed E-state index contributed by atoms with van der Waals surface area (Å²) >= 11 is 0. The molecule has 7 nitrogen and oxygen atoms in total. The van der Waals surface area contributed by atoms with Gasteiger partial charge in [-0.15, -0.1) is 0 Å². The predicted octanol–water partition coefficient (Wildman–Crippen LogP) is 1.27. The molecule has 1 aliphatic heterocycles. The maximum atomic E-state index is 10.7. The van der Waals surface area contributed by atoms with Gasteiger partial charge < -0.3 is 10.0 Å². The van der Waals surface area contributed by atoms with E-state index in [1.54, 1.807) is 6.07 Å². The lowest BCUT2D eigenvalue weighted by Crippen LogP contribution is -2.55. The van der Waals surface area contributed by atoms with E-state index in [9.17, 15) is 15.2 Å². The number of β-amino-alcohol motifs (C(OH)–C–C–N with tert-alkyl or cyclic N) is 1. The molecule has 1 unspecified atom stereocenters. The second kappa shape index (κ2) is 5.95. The molecule has 1 aromatic heterocycles. The summed E-state index contributed by atoms with van der Waals surface area (Å²) in [4.78, 5) is 18.8. The van der Waals surface area contributed by atoms with Crippen molar-refractivity contribution < 1.29 is 10.0 Å². The van der Waals surface area contributed by atoms with Gasteiger partial charge in [-0.3, -0.25) is 15.0 Å². The highest BCUT2D eigenvalue weighted by atomic mass is 16.6. The average molecular weight is 294 g/mol. The van der Waals surface area contributed by atoms with Gasteiger partial charge in [-0.05, 0) is 26.8 Å². The molecule has 0 aliphatic carbocycles. The van der Waals surface area contributed by atoms with Crippen molar-refractivity contribution in [1.82, 2.24) is 9.88 Å². The molecule has 0 radical (unpaired) electrons. The van der Waals surface area contributed by atoms with Gasteiger partial charge in [0, 0.05) is 38.3 Å². The largest absolute Gasteiger partial charge is 0.389 e. The lowest BCUT2D eigenvalue weighted by atomic mass is 10.1. The minimum Gasteiger partial charge on any atom is -0.389 e. The van der Waals surface area contributed by atoms with E-state index in [1.165, 1.54) is 12.3 Å². The molecule has 1 atom stereocenters.